The van der Waals surface area contributed by atoms with Gasteiger partial charge in [-0.1, -0.05) is 12.1 Å². The monoisotopic (exact) mass is 300 g/mol. The van der Waals surface area contributed by atoms with Crippen molar-refractivity contribution in [3.8, 4) is 0 Å². The van der Waals surface area contributed by atoms with E-state index in [1.807, 2.05) is 17.0 Å². The van der Waals surface area contributed by atoms with Crippen LogP contribution in [-0.2, 0) is 5.75 Å². The Morgan fingerprint density at radius 3 is 2.68 bits per heavy atom. The van der Waals surface area contributed by atoms with Gasteiger partial charge >= 0.3 is 0 Å². The van der Waals surface area contributed by atoms with Gasteiger partial charge in [-0.05, 0) is 30.9 Å². The molecule has 1 fully saturated rings. The number of carbonyl (C=O) groups is 1. The van der Waals surface area contributed by atoms with Crippen LogP contribution >= 0.6 is 24.2 Å². The van der Waals surface area contributed by atoms with Crippen LogP contribution in [0.5, 0.6) is 0 Å². The van der Waals surface area contributed by atoms with Crippen molar-refractivity contribution in [2.75, 3.05) is 25.9 Å². The van der Waals surface area contributed by atoms with Crippen molar-refractivity contribution >= 4 is 30.1 Å². The number of carbonyl (C=O) groups excluding carboxylic acids is 1. The summed E-state index contributed by atoms with van der Waals surface area (Å²) in [5.41, 5.74) is 2.07. The van der Waals surface area contributed by atoms with Gasteiger partial charge in [0.1, 0.15) is 0 Å². The number of nitrogens with one attached hydrogen (secondary N) is 1. The highest BCUT2D eigenvalue weighted by Crippen LogP contribution is 2.14. The highest BCUT2D eigenvalue weighted by molar-refractivity contribution is 7.97. The van der Waals surface area contributed by atoms with Gasteiger partial charge in [-0.2, -0.15) is 11.8 Å². The number of amides is 1. The summed E-state index contributed by atoms with van der Waals surface area (Å²) in [7, 11) is 0. The zero-order valence-electron chi connectivity index (χ0n) is 11.4. The fourth-order valence-corrected chi connectivity index (χ4v) is 2.74. The van der Waals surface area contributed by atoms with Gasteiger partial charge in [0.05, 0.1) is 0 Å². The third-order valence-electron chi connectivity index (χ3n) is 3.27. The third kappa shape index (κ3) is 4.13. The number of rotatable bonds is 3. The number of piperazine rings is 1. The van der Waals surface area contributed by atoms with E-state index in [1.165, 1.54) is 5.56 Å². The first-order valence-corrected chi connectivity index (χ1v) is 7.71. The summed E-state index contributed by atoms with van der Waals surface area (Å²) >= 11 is 1.79. The molecule has 1 atom stereocenters. The van der Waals surface area contributed by atoms with E-state index in [9.17, 15) is 4.79 Å². The number of thioether (sulfide) groups is 1. The van der Waals surface area contributed by atoms with Crippen molar-refractivity contribution in [2.45, 2.75) is 18.7 Å². The summed E-state index contributed by atoms with van der Waals surface area (Å²) in [6, 6.07) is 8.27. The molecular formula is C14H21ClN2OS. The Bertz CT molecular complexity index is 410. The molecule has 0 radical (unpaired) electrons. The maximum absolute atomic E-state index is 12.4. The fourth-order valence-electron chi connectivity index (χ4n) is 2.22. The van der Waals surface area contributed by atoms with E-state index in [2.05, 4.69) is 30.6 Å². The summed E-state index contributed by atoms with van der Waals surface area (Å²) in [6.07, 6.45) is 2.08. The molecule has 0 saturated carbocycles. The van der Waals surface area contributed by atoms with Gasteiger partial charge in [0, 0.05) is 37.0 Å². The second-order valence-electron chi connectivity index (χ2n) is 4.68. The van der Waals surface area contributed by atoms with E-state index in [4.69, 9.17) is 0 Å². The van der Waals surface area contributed by atoms with Crippen molar-refractivity contribution in [3.05, 3.63) is 35.4 Å². The van der Waals surface area contributed by atoms with Crippen molar-refractivity contribution in [3.63, 3.8) is 0 Å². The van der Waals surface area contributed by atoms with E-state index in [-0.39, 0.29) is 24.4 Å². The Kier molecular flexibility index (Phi) is 6.69. The molecule has 1 amide bonds. The highest BCUT2D eigenvalue weighted by atomic mass is 35.5. The smallest absolute Gasteiger partial charge is 0.254 e. The van der Waals surface area contributed by atoms with Crippen LogP contribution in [0.1, 0.15) is 22.8 Å². The molecule has 0 unspecified atom stereocenters. The lowest BCUT2D eigenvalue weighted by Crippen LogP contribution is -2.52. The Balaban J connectivity index is 0.00000180. The van der Waals surface area contributed by atoms with Crippen LogP contribution in [0.4, 0.5) is 0 Å². The van der Waals surface area contributed by atoms with E-state index < -0.39 is 0 Å². The molecule has 1 saturated heterocycles. The molecule has 1 aliphatic rings. The van der Waals surface area contributed by atoms with Gasteiger partial charge < -0.3 is 10.2 Å². The number of hydrogen-bond acceptors (Lipinski definition) is 3. The molecular weight excluding hydrogens is 280 g/mol. The van der Waals surface area contributed by atoms with E-state index in [0.717, 1.165) is 31.0 Å². The summed E-state index contributed by atoms with van der Waals surface area (Å²) in [5, 5.41) is 3.30. The highest BCUT2D eigenvalue weighted by Gasteiger charge is 2.23. The minimum absolute atomic E-state index is 0. The normalized spacial score (nSPS) is 18.8. The average molecular weight is 301 g/mol. The van der Waals surface area contributed by atoms with Gasteiger partial charge in [0.2, 0.25) is 0 Å². The molecule has 0 spiro atoms. The molecule has 0 aliphatic carbocycles. The standard InChI is InChI=1S/C14H20N2OS.ClH/c1-11-9-15-7-8-16(11)14(17)13-5-3-12(4-6-13)10-18-2;/h3-6,11,15H,7-10H2,1-2H3;1H/t11-;/m1./s1. The number of halogens is 1. The average Bonchev–Trinajstić information content (AvgIpc) is 2.40. The summed E-state index contributed by atoms with van der Waals surface area (Å²) in [6.45, 7) is 4.66. The van der Waals surface area contributed by atoms with Gasteiger partial charge in [-0.25, -0.2) is 0 Å². The molecule has 5 heteroatoms. The second kappa shape index (κ2) is 7.78. The van der Waals surface area contributed by atoms with Crippen molar-refractivity contribution in [2.24, 2.45) is 0 Å². The van der Waals surface area contributed by atoms with Gasteiger partial charge in [0.25, 0.3) is 5.91 Å². The summed E-state index contributed by atoms with van der Waals surface area (Å²) in [4.78, 5) is 14.3. The lowest BCUT2D eigenvalue weighted by atomic mass is 10.1. The maximum Gasteiger partial charge on any atom is 0.254 e. The summed E-state index contributed by atoms with van der Waals surface area (Å²) < 4.78 is 0. The molecule has 2 rings (SSSR count). The lowest BCUT2D eigenvalue weighted by molar-refractivity contribution is 0.0656. The first kappa shape index (κ1) is 16.3. The van der Waals surface area contributed by atoms with Crippen molar-refractivity contribution in [1.82, 2.24) is 10.2 Å². The lowest BCUT2D eigenvalue weighted by Gasteiger charge is -2.34. The zero-order valence-corrected chi connectivity index (χ0v) is 13.0. The van der Waals surface area contributed by atoms with Crippen LogP contribution in [0, 0.1) is 0 Å². The minimum atomic E-state index is 0. The zero-order chi connectivity index (χ0) is 13.0. The van der Waals surface area contributed by atoms with Crippen LogP contribution < -0.4 is 5.32 Å². The molecule has 0 bridgehead atoms. The van der Waals surface area contributed by atoms with Crippen molar-refractivity contribution in [1.29, 1.82) is 0 Å². The molecule has 3 nitrogen and oxygen atoms in total. The Hall–Kier alpha value is -0.710. The first-order valence-electron chi connectivity index (χ1n) is 6.32. The molecule has 1 aliphatic heterocycles. The third-order valence-corrected chi connectivity index (χ3v) is 3.90. The predicted molar refractivity (Wildman–Crippen MR) is 84.3 cm³/mol. The topological polar surface area (TPSA) is 32.3 Å². The molecule has 1 aromatic rings. The van der Waals surface area contributed by atoms with E-state index in [1.54, 1.807) is 11.8 Å². The molecule has 19 heavy (non-hydrogen) atoms. The Morgan fingerprint density at radius 2 is 2.11 bits per heavy atom. The summed E-state index contributed by atoms with van der Waals surface area (Å²) in [5.74, 6) is 1.15. The van der Waals surface area contributed by atoms with Crippen LogP contribution in [-0.4, -0.2) is 42.7 Å². The van der Waals surface area contributed by atoms with Crippen LogP contribution in [0.25, 0.3) is 0 Å². The van der Waals surface area contributed by atoms with Gasteiger partial charge in [-0.3, -0.25) is 4.79 Å². The largest absolute Gasteiger partial charge is 0.333 e. The van der Waals surface area contributed by atoms with Crippen molar-refractivity contribution < 1.29 is 4.79 Å². The predicted octanol–water partition coefficient (Wildman–Crippen LogP) is 2.41. The minimum Gasteiger partial charge on any atom is -0.333 e. The van der Waals surface area contributed by atoms with Gasteiger partial charge in [0.15, 0.2) is 0 Å². The molecule has 1 N–H and O–H groups in total. The number of hydrogen-bond donors (Lipinski definition) is 1. The SMILES string of the molecule is CSCc1ccc(C(=O)N2CCNC[C@H]2C)cc1.Cl. The fraction of sp³-hybridized carbons (Fsp3) is 0.500. The Labute approximate surface area is 125 Å². The molecule has 0 aromatic heterocycles. The first-order chi connectivity index (χ1) is 8.72. The molecule has 106 valence electrons. The maximum atomic E-state index is 12.4. The Morgan fingerprint density at radius 1 is 1.42 bits per heavy atom. The van der Waals surface area contributed by atoms with E-state index in [0.29, 0.717) is 0 Å². The quantitative estimate of drug-likeness (QED) is 0.930. The van der Waals surface area contributed by atoms with Crippen LogP contribution in [0.2, 0.25) is 0 Å². The molecule has 1 aromatic carbocycles. The van der Waals surface area contributed by atoms with Crippen LogP contribution in [0.3, 0.4) is 0 Å². The van der Waals surface area contributed by atoms with Crippen LogP contribution in [0.15, 0.2) is 24.3 Å². The number of benzene rings is 1. The van der Waals surface area contributed by atoms with E-state index >= 15 is 0 Å². The number of nitrogens with zero attached hydrogens (tertiary/aromatic N) is 1. The second-order valence-corrected chi connectivity index (χ2v) is 5.55. The molecule has 1 heterocycles. The van der Waals surface area contributed by atoms with Gasteiger partial charge in [-0.15, -0.1) is 12.4 Å².